The Morgan fingerprint density at radius 2 is 2.00 bits per heavy atom. The number of anilines is 1. The smallest absolute Gasteiger partial charge is 0.153 e. The van der Waals surface area contributed by atoms with Crippen LogP contribution in [0.1, 0.15) is 18.9 Å². The molecule has 0 amide bonds. The minimum absolute atomic E-state index is 0.0223. The molecule has 0 saturated carbocycles. The number of rotatable bonds is 6. The third kappa shape index (κ3) is 5.34. The predicted molar refractivity (Wildman–Crippen MR) is 106 cm³/mol. The first-order valence-corrected chi connectivity index (χ1v) is 8.61. The molecule has 0 aliphatic carbocycles. The number of benzene rings is 1. The molecule has 0 spiro atoms. The zero-order chi connectivity index (χ0) is 20.7. The molecule has 28 heavy (non-hydrogen) atoms. The Labute approximate surface area is 165 Å². The Balaban J connectivity index is 2.37. The van der Waals surface area contributed by atoms with E-state index in [1.807, 2.05) is 0 Å². The van der Waals surface area contributed by atoms with Gasteiger partial charge in [0.2, 0.25) is 0 Å². The highest BCUT2D eigenvalue weighted by Gasteiger charge is 2.12. The maximum atomic E-state index is 13.9. The first-order chi connectivity index (χ1) is 13.4. The molecule has 0 aliphatic rings. The molecule has 9 heteroatoms. The Morgan fingerprint density at radius 1 is 1.25 bits per heavy atom. The first kappa shape index (κ1) is 21.5. The second-order valence-corrected chi connectivity index (χ2v) is 6.09. The van der Waals surface area contributed by atoms with Crippen LogP contribution in [0.3, 0.4) is 0 Å². The maximum absolute atomic E-state index is 13.9. The Bertz CT molecular complexity index is 941. The number of halogens is 4. The van der Waals surface area contributed by atoms with E-state index in [9.17, 15) is 13.2 Å². The summed E-state index contributed by atoms with van der Waals surface area (Å²) in [7, 11) is 0. The summed E-state index contributed by atoms with van der Waals surface area (Å²) in [5.74, 6) is 3.08. The summed E-state index contributed by atoms with van der Waals surface area (Å²) in [6.07, 6.45) is 4.41. The molecule has 1 aromatic carbocycles. The quantitative estimate of drug-likeness (QED) is 0.216. The van der Waals surface area contributed by atoms with Gasteiger partial charge < -0.3 is 11.2 Å². The molecule has 0 aliphatic heterocycles. The molecule has 2 aromatic rings. The second-order valence-electron chi connectivity index (χ2n) is 5.68. The number of nitrogen functional groups attached to an aromatic ring is 1. The average molecular weight is 410 g/mol. The third-order valence-electron chi connectivity index (χ3n) is 3.77. The van der Waals surface area contributed by atoms with Gasteiger partial charge in [-0.1, -0.05) is 29.8 Å². The Hall–Kier alpha value is -2.84. The molecule has 0 saturated heterocycles. The number of aliphatic imine (C=N–C) groups is 1. The van der Waals surface area contributed by atoms with Crippen LogP contribution in [0.2, 0.25) is 5.02 Å². The molecule has 0 unspecified atom stereocenters. The highest BCUT2D eigenvalue weighted by atomic mass is 35.5. The summed E-state index contributed by atoms with van der Waals surface area (Å²) in [6, 6.07) is 5.75. The van der Waals surface area contributed by atoms with Gasteiger partial charge in [-0.3, -0.25) is 4.99 Å². The first-order valence-electron chi connectivity index (χ1n) is 8.24. The van der Waals surface area contributed by atoms with Crippen LogP contribution in [0.15, 0.2) is 59.3 Å². The van der Waals surface area contributed by atoms with Crippen LogP contribution in [-0.2, 0) is 0 Å². The largest absolute Gasteiger partial charge is 0.383 e. The van der Waals surface area contributed by atoms with Gasteiger partial charge in [0.05, 0.1) is 17.1 Å². The van der Waals surface area contributed by atoms with Crippen molar-refractivity contribution >= 4 is 23.3 Å². The number of hydrogen-bond acceptors (Lipinski definition) is 4. The molecule has 2 rings (SSSR count). The van der Waals surface area contributed by atoms with Crippen LogP contribution in [0.5, 0.6) is 0 Å². The van der Waals surface area contributed by atoms with Crippen LogP contribution in [0, 0.1) is 5.82 Å². The van der Waals surface area contributed by atoms with Crippen LogP contribution in [0.25, 0.3) is 11.1 Å². The van der Waals surface area contributed by atoms with E-state index in [-0.39, 0.29) is 28.7 Å². The van der Waals surface area contributed by atoms with Gasteiger partial charge in [0, 0.05) is 18.2 Å². The van der Waals surface area contributed by atoms with Gasteiger partial charge in [-0.15, -0.1) is 0 Å². The maximum Gasteiger partial charge on any atom is 0.153 e. The highest BCUT2D eigenvalue weighted by molar-refractivity contribution is 6.31. The fraction of sp³-hybridized carbons (Fsp3) is 0.158. The third-order valence-corrected chi connectivity index (χ3v) is 4.06. The molecular weight excluding hydrogens is 391 g/mol. The SMILES string of the molecule is C/C=C\C/C(F)=C(/F)CN=C(NN)c1cc(-c2ccc(F)c(Cl)c2)cnc1N. The lowest BCUT2D eigenvalue weighted by molar-refractivity contribution is 0.515. The van der Waals surface area contributed by atoms with E-state index in [0.29, 0.717) is 11.1 Å². The monoisotopic (exact) mass is 409 g/mol. The molecule has 5 N–H and O–H groups in total. The zero-order valence-corrected chi connectivity index (χ0v) is 15.8. The fourth-order valence-corrected chi connectivity index (χ4v) is 2.45. The van der Waals surface area contributed by atoms with E-state index in [4.69, 9.17) is 23.2 Å². The van der Waals surface area contributed by atoms with Gasteiger partial charge in [-0.2, -0.15) is 0 Å². The van der Waals surface area contributed by atoms with Crippen molar-refractivity contribution in [3.05, 3.63) is 70.7 Å². The van der Waals surface area contributed by atoms with Crippen molar-refractivity contribution in [1.29, 1.82) is 0 Å². The number of hydrazine groups is 1. The molecule has 0 atom stereocenters. The minimum atomic E-state index is -1.01. The summed E-state index contributed by atoms with van der Waals surface area (Å²) in [4.78, 5) is 8.00. The van der Waals surface area contributed by atoms with E-state index < -0.39 is 24.0 Å². The van der Waals surface area contributed by atoms with Gasteiger partial charge in [0.15, 0.2) is 5.83 Å². The van der Waals surface area contributed by atoms with Crippen LogP contribution >= 0.6 is 11.6 Å². The van der Waals surface area contributed by atoms with Crippen LogP contribution in [0.4, 0.5) is 19.0 Å². The lowest BCUT2D eigenvalue weighted by atomic mass is 10.0. The van der Waals surface area contributed by atoms with Crippen molar-refractivity contribution in [1.82, 2.24) is 10.4 Å². The molecule has 0 bridgehead atoms. The fourth-order valence-electron chi connectivity index (χ4n) is 2.27. The molecule has 1 aromatic heterocycles. The van der Waals surface area contributed by atoms with Crippen molar-refractivity contribution in [2.24, 2.45) is 10.8 Å². The van der Waals surface area contributed by atoms with E-state index in [0.717, 1.165) is 0 Å². The van der Waals surface area contributed by atoms with Crippen molar-refractivity contribution in [2.75, 3.05) is 12.3 Å². The molecule has 0 fully saturated rings. The Morgan fingerprint density at radius 3 is 2.64 bits per heavy atom. The van der Waals surface area contributed by atoms with Crippen molar-refractivity contribution in [2.45, 2.75) is 13.3 Å². The lowest BCUT2D eigenvalue weighted by Gasteiger charge is -2.11. The zero-order valence-electron chi connectivity index (χ0n) is 15.0. The molecular formula is C19H19ClF3N5. The topological polar surface area (TPSA) is 89.3 Å². The normalized spacial score (nSPS) is 13.0. The number of aromatic nitrogens is 1. The number of hydrogen-bond donors (Lipinski definition) is 3. The predicted octanol–water partition coefficient (Wildman–Crippen LogP) is 4.45. The standard InChI is InChI=1S/C19H19ClF3N5/c1-2-3-4-16(22)17(23)10-27-19(28-25)13-7-12(9-26-18(13)24)11-5-6-15(21)14(20)8-11/h2-3,5-9H,4,10,25H2,1H3,(H2,24,26)(H,27,28)/b3-2-,17-16-. The number of amidine groups is 1. The van der Waals surface area contributed by atoms with Crippen molar-refractivity contribution < 1.29 is 13.2 Å². The van der Waals surface area contributed by atoms with Crippen molar-refractivity contribution in [3.8, 4) is 11.1 Å². The van der Waals surface area contributed by atoms with Gasteiger partial charge in [0.25, 0.3) is 0 Å². The van der Waals surface area contributed by atoms with E-state index >= 15 is 0 Å². The van der Waals surface area contributed by atoms with E-state index in [1.54, 1.807) is 19.1 Å². The van der Waals surface area contributed by atoms with Gasteiger partial charge in [0.1, 0.15) is 23.3 Å². The number of allylic oxidation sites excluding steroid dienone is 3. The Kier molecular flexibility index (Phi) is 7.60. The van der Waals surface area contributed by atoms with E-state index in [2.05, 4.69) is 15.4 Å². The van der Waals surface area contributed by atoms with E-state index in [1.165, 1.54) is 30.5 Å². The second kappa shape index (κ2) is 9.91. The minimum Gasteiger partial charge on any atom is -0.383 e. The number of pyridine rings is 1. The summed E-state index contributed by atoms with van der Waals surface area (Å²) in [6.45, 7) is 1.14. The van der Waals surface area contributed by atoms with Crippen LogP contribution < -0.4 is 17.0 Å². The summed E-state index contributed by atoms with van der Waals surface area (Å²) >= 11 is 5.81. The molecule has 1 heterocycles. The summed E-state index contributed by atoms with van der Waals surface area (Å²) < 4.78 is 40.9. The average Bonchev–Trinajstić information content (AvgIpc) is 2.69. The number of nitrogens with one attached hydrogen (secondary N) is 1. The molecule has 148 valence electrons. The summed E-state index contributed by atoms with van der Waals surface area (Å²) in [5.41, 5.74) is 9.60. The lowest BCUT2D eigenvalue weighted by Crippen LogP contribution is -2.32. The van der Waals surface area contributed by atoms with Crippen LogP contribution in [-0.4, -0.2) is 17.4 Å². The van der Waals surface area contributed by atoms with Gasteiger partial charge >= 0.3 is 0 Å². The van der Waals surface area contributed by atoms with Gasteiger partial charge in [-0.05, 0) is 30.7 Å². The highest BCUT2D eigenvalue weighted by Crippen LogP contribution is 2.26. The van der Waals surface area contributed by atoms with Gasteiger partial charge in [-0.25, -0.2) is 24.0 Å². The number of nitrogens with two attached hydrogens (primary N) is 2. The van der Waals surface area contributed by atoms with Crippen molar-refractivity contribution in [3.63, 3.8) is 0 Å². The molecule has 5 nitrogen and oxygen atoms in total. The number of nitrogens with zero attached hydrogens (tertiary/aromatic N) is 2. The molecule has 0 radical (unpaired) electrons. The summed E-state index contributed by atoms with van der Waals surface area (Å²) in [5, 5.41) is -0.0504.